The van der Waals surface area contributed by atoms with Crippen LogP contribution >= 0.6 is 27.3 Å². The topological polar surface area (TPSA) is 26.0 Å². The fourth-order valence-corrected chi connectivity index (χ4v) is 3.07. The van der Waals surface area contributed by atoms with E-state index in [0.29, 0.717) is 5.92 Å². The van der Waals surface area contributed by atoms with E-state index in [1.54, 1.807) is 0 Å². The van der Waals surface area contributed by atoms with Gasteiger partial charge in [0.05, 0.1) is 3.79 Å². The molecular weight excluding hydrogens is 234 g/mol. The number of rotatable bonds is 3. The van der Waals surface area contributed by atoms with E-state index < -0.39 is 0 Å². The SMILES string of the molecule is Cc1cc(Br)sc1CC(C)CN. The summed E-state index contributed by atoms with van der Waals surface area (Å²) >= 11 is 5.30. The van der Waals surface area contributed by atoms with Gasteiger partial charge in [-0.25, -0.2) is 0 Å². The van der Waals surface area contributed by atoms with Gasteiger partial charge in [0.2, 0.25) is 0 Å². The molecule has 0 aliphatic carbocycles. The van der Waals surface area contributed by atoms with Crippen LogP contribution in [0.25, 0.3) is 0 Å². The second-order valence-corrected chi connectivity index (χ2v) is 5.72. The predicted molar refractivity (Wildman–Crippen MR) is 58.7 cm³/mol. The zero-order valence-corrected chi connectivity index (χ0v) is 9.83. The summed E-state index contributed by atoms with van der Waals surface area (Å²) in [6.45, 7) is 5.11. The van der Waals surface area contributed by atoms with Crippen molar-refractivity contribution >= 4 is 27.3 Å². The van der Waals surface area contributed by atoms with Gasteiger partial charge in [-0.2, -0.15) is 0 Å². The van der Waals surface area contributed by atoms with E-state index in [1.807, 2.05) is 11.3 Å². The van der Waals surface area contributed by atoms with Crippen molar-refractivity contribution in [3.63, 3.8) is 0 Å². The average molecular weight is 248 g/mol. The maximum atomic E-state index is 5.57. The van der Waals surface area contributed by atoms with Gasteiger partial charge in [0, 0.05) is 4.88 Å². The average Bonchev–Trinajstić information content (AvgIpc) is 2.30. The summed E-state index contributed by atoms with van der Waals surface area (Å²) in [5.74, 6) is 0.592. The molecule has 1 atom stereocenters. The molecule has 1 heterocycles. The van der Waals surface area contributed by atoms with Crippen LogP contribution in [0.3, 0.4) is 0 Å². The molecule has 0 radical (unpaired) electrons. The summed E-state index contributed by atoms with van der Waals surface area (Å²) in [6, 6.07) is 2.17. The lowest BCUT2D eigenvalue weighted by Crippen LogP contribution is -2.12. The van der Waals surface area contributed by atoms with Gasteiger partial charge >= 0.3 is 0 Å². The lowest BCUT2D eigenvalue weighted by molar-refractivity contribution is 0.597. The van der Waals surface area contributed by atoms with Gasteiger partial charge in [-0.1, -0.05) is 6.92 Å². The Morgan fingerprint density at radius 1 is 1.67 bits per heavy atom. The molecule has 2 N–H and O–H groups in total. The lowest BCUT2D eigenvalue weighted by atomic mass is 10.1. The molecule has 68 valence electrons. The number of thiophene rings is 1. The summed E-state index contributed by atoms with van der Waals surface area (Å²) in [4.78, 5) is 1.46. The van der Waals surface area contributed by atoms with Gasteiger partial charge in [-0.05, 0) is 53.4 Å². The van der Waals surface area contributed by atoms with Crippen molar-refractivity contribution in [1.82, 2.24) is 0 Å². The number of hydrogen-bond donors (Lipinski definition) is 1. The van der Waals surface area contributed by atoms with E-state index in [0.717, 1.165) is 13.0 Å². The summed E-state index contributed by atoms with van der Waals surface area (Å²) in [5, 5.41) is 0. The molecule has 1 aromatic rings. The second kappa shape index (κ2) is 4.40. The van der Waals surface area contributed by atoms with Gasteiger partial charge in [0.25, 0.3) is 0 Å². The normalized spacial score (nSPS) is 13.3. The Labute approximate surface area is 86.1 Å². The van der Waals surface area contributed by atoms with Crippen molar-refractivity contribution in [3.05, 3.63) is 20.3 Å². The monoisotopic (exact) mass is 247 g/mol. The first-order chi connectivity index (χ1) is 5.63. The third-order valence-corrected chi connectivity index (χ3v) is 3.69. The molecule has 0 saturated carbocycles. The summed E-state index contributed by atoms with van der Waals surface area (Å²) in [6.07, 6.45) is 1.11. The Morgan fingerprint density at radius 2 is 2.33 bits per heavy atom. The van der Waals surface area contributed by atoms with Crippen LogP contribution in [-0.4, -0.2) is 6.54 Å². The molecule has 0 aromatic carbocycles. The Hall–Kier alpha value is 0.140. The molecule has 0 amide bonds. The Kier molecular flexibility index (Phi) is 3.75. The van der Waals surface area contributed by atoms with Gasteiger partial charge < -0.3 is 5.73 Å². The molecule has 0 aliphatic heterocycles. The molecule has 0 spiro atoms. The summed E-state index contributed by atoms with van der Waals surface area (Å²) < 4.78 is 1.22. The lowest BCUT2D eigenvalue weighted by Gasteiger charge is -2.06. The molecule has 0 bridgehead atoms. The molecular formula is C9H14BrNS. The van der Waals surface area contributed by atoms with Gasteiger partial charge in [-0.3, -0.25) is 0 Å². The van der Waals surface area contributed by atoms with E-state index >= 15 is 0 Å². The summed E-state index contributed by atoms with van der Waals surface area (Å²) in [7, 11) is 0. The van der Waals surface area contributed by atoms with Crippen molar-refractivity contribution in [1.29, 1.82) is 0 Å². The zero-order chi connectivity index (χ0) is 9.14. The fourth-order valence-electron chi connectivity index (χ4n) is 1.08. The van der Waals surface area contributed by atoms with Crippen LogP contribution in [0.4, 0.5) is 0 Å². The minimum Gasteiger partial charge on any atom is -0.330 e. The van der Waals surface area contributed by atoms with Crippen molar-refractivity contribution < 1.29 is 0 Å². The molecule has 0 aliphatic rings. The highest BCUT2D eigenvalue weighted by molar-refractivity contribution is 9.11. The predicted octanol–water partition coefficient (Wildman–Crippen LogP) is 2.96. The number of aryl methyl sites for hydroxylation is 1. The number of halogens is 1. The first-order valence-electron chi connectivity index (χ1n) is 4.08. The first kappa shape index (κ1) is 10.2. The van der Waals surface area contributed by atoms with Crippen molar-refractivity contribution in [2.75, 3.05) is 6.54 Å². The second-order valence-electron chi connectivity index (χ2n) is 3.20. The highest BCUT2D eigenvalue weighted by Gasteiger charge is 2.07. The molecule has 3 heteroatoms. The van der Waals surface area contributed by atoms with E-state index in [4.69, 9.17) is 5.73 Å². The van der Waals surface area contributed by atoms with Crippen molar-refractivity contribution in [2.24, 2.45) is 11.7 Å². The van der Waals surface area contributed by atoms with Crippen LogP contribution < -0.4 is 5.73 Å². The standard InChI is InChI=1S/C9H14BrNS/c1-6(5-11)3-8-7(2)4-9(10)12-8/h4,6H,3,5,11H2,1-2H3. The number of hydrogen-bond acceptors (Lipinski definition) is 2. The molecule has 1 unspecified atom stereocenters. The molecule has 1 nitrogen and oxygen atoms in total. The Balaban J connectivity index is 2.68. The van der Waals surface area contributed by atoms with E-state index in [2.05, 4.69) is 35.8 Å². The highest BCUT2D eigenvalue weighted by Crippen LogP contribution is 2.28. The third-order valence-electron chi connectivity index (χ3n) is 1.93. The minimum absolute atomic E-state index is 0.592. The van der Waals surface area contributed by atoms with Crippen LogP contribution in [0.2, 0.25) is 0 Å². The van der Waals surface area contributed by atoms with Crippen LogP contribution in [0.1, 0.15) is 17.4 Å². The summed E-state index contributed by atoms with van der Waals surface area (Å²) in [5.41, 5.74) is 6.95. The Bertz CT molecular complexity index is 257. The van der Waals surface area contributed by atoms with Crippen molar-refractivity contribution in [2.45, 2.75) is 20.3 Å². The van der Waals surface area contributed by atoms with Gasteiger partial charge in [0.15, 0.2) is 0 Å². The van der Waals surface area contributed by atoms with Crippen LogP contribution in [-0.2, 0) is 6.42 Å². The first-order valence-corrected chi connectivity index (χ1v) is 5.69. The minimum atomic E-state index is 0.592. The smallest absolute Gasteiger partial charge is 0.0704 e. The largest absolute Gasteiger partial charge is 0.330 e. The molecule has 12 heavy (non-hydrogen) atoms. The number of nitrogens with two attached hydrogens (primary N) is 1. The third kappa shape index (κ3) is 2.57. The van der Waals surface area contributed by atoms with E-state index in [-0.39, 0.29) is 0 Å². The molecule has 0 fully saturated rings. The molecule has 1 aromatic heterocycles. The van der Waals surface area contributed by atoms with Crippen LogP contribution in [0.15, 0.2) is 9.85 Å². The quantitative estimate of drug-likeness (QED) is 0.874. The fraction of sp³-hybridized carbons (Fsp3) is 0.556. The maximum absolute atomic E-state index is 5.57. The van der Waals surface area contributed by atoms with E-state index in [1.165, 1.54) is 14.2 Å². The van der Waals surface area contributed by atoms with Crippen molar-refractivity contribution in [3.8, 4) is 0 Å². The molecule has 1 rings (SSSR count). The van der Waals surface area contributed by atoms with Gasteiger partial charge in [0.1, 0.15) is 0 Å². The zero-order valence-electron chi connectivity index (χ0n) is 7.43. The van der Waals surface area contributed by atoms with E-state index in [9.17, 15) is 0 Å². The van der Waals surface area contributed by atoms with Crippen LogP contribution in [0, 0.1) is 12.8 Å². The molecule has 0 saturated heterocycles. The maximum Gasteiger partial charge on any atom is 0.0704 e. The van der Waals surface area contributed by atoms with Gasteiger partial charge in [-0.15, -0.1) is 11.3 Å². The highest BCUT2D eigenvalue weighted by atomic mass is 79.9. The Morgan fingerprint density at radius 3 is 2.75 bits per heavy atom. The van der Waals surface area contributed by atoms with Crippen LogP contribution in [0.5, 0.6) is 0 Å².